The lowest BCUT2D eigenvalue weighted by Gasteiger charge is -2.05. The van der Waals surface area contributed by atoms with Gasteiger partial charge in [0.05, 0.1) is 0 Å². The van der Waals surface area contributed by atoms with E-state index < -0.39 is 0 Å². The van der Waals surface area contributed by atoms with Gasteiger partial charge in [0.2, 0.25) is 0 Å². The van der Waals surface area contributed by atoms with Crippen LogP contribution in [0.2, 0.25) is 5.02 Å². The van der Waals surface area contributed by atoms with Crippen LogP contribution in [0.3, 0.4) is 0 Å². The zero-order valence-corrected chi connectivity index (χ0v) is 8.85. The molecule has 1 heterocycles. The molecule has 1 aromatic heterocycles. The van der Waals surface area contributed by atoms with Gasteiger partial charge in [-0.3, -0.25) is 0 Å². The second-order valence-corrected chi connectivity index (χ2v) is 3.69. The van der Waals surface area contributed by atoms with E-state index in [9.17, 15) is 0 Å². The summed E-state index contributed by atoms with van der Waals surface area (Å²) in [5, 5.41) is 9.75. The standard InChI is InChI=1S/C11H11ClN2O/c12-10-3-1-9(2-4-10)7-14-6-5-13-11(14)8-15/h1-6,15H,7-8H2. The SMILES string of the molecule is OCc1nccn1Cc1ccc(Cl)cc1. The molecule has 0 unspecified atom stereocenters. The normalized spacial score (nSPS) is 10.5. The van der Waals surface area contributed by atoms with Crippen LogP contribution in [0.4, 0.5) is 0 Å². The van der Waals surface area contributed by atoms with Crippen LogP contribution >= 0.6 is 11.6 Å². The first-order chi connectivity index (χ1) is 7.29. The van der Waals surface area contributed by atoms with Crippen molar-refractivity contribution in [2.45, 2.75) is 13.2 Å². The Morgan fingerprint density at radius 1 is 1.27 bits per heavy atom. The van der Waals surface area contributed by atoms with Crippen molar-refractivity contribution in [3.8, 4) is 0 Å². The number of aromatic nitrogens is 2. The summed E-state index contributed by atoms with van der Waals surface area (Å²) in [5.41, 5.74) is 1.13. The molecule has 0 bridgehead atoms. The van der Waals surface area contributed by atoms with E-state index in [4.69, 9.17) is 16.7 Å². The molecule has 0 spiro atoms. The molecule has 1 aromatic carbocycles. The van der Waals surface area contributed by atoms with Crippen LogP contribution < -0.4 is 0 Å². The smallest absolute Gasteiger partial charge is 0.134 e. The molecule has 0 aliphatic carbocycles. The fourth-order valence-corrected chi connectivity index (χ4v) is 1.55. The van der Waals surface area contributed by atoms with Gasteiger partial charge < -0.3 is 9.67 Å². The molecule has 0 saturated heterocycles. The monoisotopic (exact) mass is 222 g/mol. The average molecular weight is 223 g/mol. The maximum absolute atomic E-state index is 9.03. The van der Waals surface area contributed by atoms with Gasteiger partial charge in [0, 0.05) is 24.0 Å². The summed E-state index contributed by atoms with van der Waals surface area (Å²) >= 11 is 5.79. The van der Waals surface area contributed by atoms with Crippen LogP contribution in [-0.2, 0) is 13.2 Å². The summed E-state index contributed by atoms with van der Waals surface area (Å²) in [4.78, 5) is 4.04. The molecule has 15 heavy (non-hydrogen) atoms. The number of benzene rings is 1. The molecular formula is C11H11ClN2O. The first kappa shape index (κ1) is 10.2. The van der Waals surface area contributed by atoms with E-state index in [1.54, 1.807) is 6.20 Å². The molecule has 0 radical (unpaired) electrons. The summed E-state index contributed by atoms with van der Waals surface area (Å²) in [5.74, 6) is 0.671. The number of hydrogen-bond acceptors (Lipinski definition) is 2. The highest BCUT2D eigenvalue weighted by atomic mass is 35.5. The number of nitrogens with zero attached hydrogens (tertiary/aromatic N) is 2. The lowest BCUT2D eigenvalue weighted by molar-refractivity contribution is 0.266. The van der Waals surface area contributed by atoms with Gasteiger partial charge in [-0.2, -0.15) is 0 Å². The number of halogens is 1. The van der Waals surface area contributed by atoms with Crippen molar-refractivity contribution in [2.75, 3.05) is 0 Å². The molecule has 0 aliphatic rings. The van der Waals surface area contributed by atoms with Gasteiger partial charge in [0.25, 0.3) is 0 Å². The van der Waals surface area contributed by atoms with Crippen LogP contribution in [0.1, 0.15) is 11.4 Å². The molecule has 2 aromatic rings. The summed E-state index contributed by atoms with van der Waals surface area (Å²) in [6.07, 6.45) is 3.53. The highest BCUT2D eigenvalue weighted by Gasteiger charge is 2.01. The molecule has 0 saturated carbocycles. The third kappa shape index (κ3) is 2.37. The van der Waals surface area contributed by atoms with E-state index in [0.29, 0.717) is 12.4 Å². The minimum absolute atomic E-state index is 0.0411. The third-order valence-electron chi connectivity index (χ3n) is 2.21. The largest absolute Gasteiger partial charge is 0.388 e. The van der Waals surface area contributed by atoms with E-state index in [2.05, 4.69) is 4.98 Å². The molecule has 1 N–H and O–H groups in total. The van der Waals surface area contributed by atoms with Crippen molar-refractivity contribution in [1.29, 1.82) is 0 Å². The number of hydrogen-bond donors (Lipinski definition) is 1. The average Bonchev–Trinajstić information content (AvgIpc) is 2.69. The van der Waals surface area contributed by atoms with Crippen molar-refractivity contribution < 1.29 is 5.11 Å². The van der Waals surface area contributed by atoms with E-state index in [1.807, 2.05) is 35.0 Å². The minimum atomic E-state index is -0.0411. The van der Waals surface area contributed by atoms with Gasteiger partial charge in [0.15, 0.2) is 0 Å². The molecule has 3 nitrogen and oxygen atoms in total. The molecule has 0 amide bonds. The lowest BCUT2D eigenvalue weighted by Crippen LogP contribution is -2.03. The molecule has 0 aliphatic heterocycles. The van der Waals surface area contributed by atoms with Gasteiger partial charge in [0.1, 0.15) is 12.4 Å². The molecule has 4 heteroatoms. The Morgan fingerprint density at radius 2 is 2.00 bits per heavy atom. The van der Waals surface area contributed by atoms with Crippen molar-refractivity contribution in [3.63, 3.8) is 0 Å². The summed E-state index contributed by atoms with van der Waals surface area (Å²) < 4.78 is 1.91. The van der Waals surface area contributed by atoms with Crippen LogP contribution in [0.15, 0.2) is 36.7 Å². The van der Waals surface area contributed by atoms with E-state index in [-0.39, 0.29) is 6.61 Å². The Kier molecular flexibility index (Phi) is 3.04. The third-order valence-corrected chi connectivity index (χ3v) is 2.46. The molecule has 0 atom stereocenters. The van der Waals surface area contributed by atoms with Crippen molar-refractivity contribution >= 4 is 11.6 Å². The maximum atomic E-state index is 9.03. The lowest BCUT2D eigenvalue weighted by atomic mass is 10.2. The van der Waals surface area contributed by atoms with E-state index >= 15 is 0 Å². The minimum Gasteiger partial charge on any atom is -0.388 e. The molecular weight excluding hydrogens is 212 g/mol. The molecule has 0 fully saturated rings. The number of rotatable bonds is 3. The van der Waals surface area contributed by atoms with Gasteiger partial charge in [-0.05, 0) is 17.7 Å². The second-order valence-electron chi connectivity index (χ2n) is 3.26. The Hall–Kier alpha value is -1.32. The number of aliphatic hydroxyl groups excluding tert-OH is 1. The van der Waals surface area contributed by atoms with Crippen LogP contribution in [0, 0.1) is 0 Å². The Bertz CT molecular complexity index is 436. The van der Waals surface area contributed by atoms with Crippen molar-refractivity contribution in [3.05, 3.63) is 53.1 Å². The van der Waals surface area contributed by atoms with Crippen molar-refractivity contribution in [2.24, 2.45) is 0 Å². The Balaban J connectivity index is 2.18. The highest BCUT2D eigenvalue weighted by Crippen LogP contribution is 2.11. The predicted molar refractivity (Wildman–Crippen MR) is 58.7 cm³/mol. The fourth-order valence-electron chi connectivity index (χ4n) is 1.42. The van der Waals surface area contributed by atoms with Crippen LogP contribution in [0.5, 0.6) is 0 Å². The van der Waals surface area contributed by atoms with Crippen LogP contribution in [0.25, 0.3) is 0 Å². The van der Waals surface area contributed by atoms with Crippen LogP contribution in [-0.4, -0.2) is 14.7 Å². The van der Waals surface area contributed by atoms with E-state index in [0.717, 1.165) is 10.6 Å². The zero-order valence-electron chi connectivity index (χ0n) is 8.10. The summed E-state index contributed by atoms with van der Waals surface area (Å²) in [6.45, 7) is 0.660. The quantitative estimate of drug-likeness (QED) is 0.864. The summed E-state index contributed by atoms with van der Waals surface area (Å²) in [6, 6.07) is 7.63. The van der Waals surface area contributed by atoms with Gasteiger partial charge in [-0.15, -0.1) is 0 Å². The predicted octanol–water partition coefficient (Wildman–Crippen LogP) is 2.08. The Labute approximate surface area is 93.0 Å². The molecule has 78 valence electrons. The first-order valence-electron chi connectivity index (χ1n) is 4.65. The number of aliphatic hydroxyl groups is 1. The summed E-state index contributed by atoms with van der Waals surface area (Å²) in [7, 11) is 0. The topological polar surface area (TPSA) is 38.1 Å². The molecule has 2 rings (SSSR count). The van der Waals surface area contributed by atoms with Gasteiger partial charge >= 0.3 is 0 Å². The van der Waals surface area contributed by atoms with Gasteiger partial charge in [-0.1, -0.05) is 23.7 Å². The highest BCUT2D eigenvalue weighted by molar-refractivity contribution is 6.30. The first-order valence-corrected chi connectivity index (χ1v) is 5.02. The number of imidazole rings is 1. The van der Waals surface area contributed by atoms with Gasteiger partial charge in [-0.25, -0.2) is 4.98 Å². The fraction of sp³-hybridized carbons (Fsp3) is 0.182. The maximum Gasteiger partial charge on any atom is 0.134 e. The van der Waals surface area contributed by atoms with Crippen molar-refractivity contribution in [1.82, 2.24) is 9.55 Å². The zero-order chi connectivity index (χ0) is 10.7. The Morgan fingerprint density at radius 3 is 2.67 bits per heavy atom. The second kappa shape index (κ2) is 4.47. The van der Waals surface area contributed by atoms with E-state index in [1.165, 1.54) is 0 Å².